The number of nitrogens with zero attached hydrogens (tertiary/aromatic N) is 2. The zero-order valence-electron chi connectivity index (χ0n) is 22.6. The van der Waals surface area contributed by atoms with Gasteiger partial charge in [-0.05, 0) is 35.1 Å². The van der Waals surface area contributed by atoms with E-state index in [4.69, 9.17) is 19.5 Å². The highest BCUT2D eigenvalue weighted by Gasteiger charge is 2.53. The molecule has 7 rings (SSSR count). The van der Waals surface area contributed by atoms with Crippen LogP contribution in [0, 0.1) is 5.41 Å². The molecule has 4 atom stereocenters. The lowest BCUT2D eigenvalue weighted by Gasteiger charge is -2.36. The molecular formula is C36H34N2O2. The minimum atomic E-state index is -0.467. The monoisotopic (exact) mass is 526 g/mol. The van der Waals surface area contributed by atoms with E-state index in [1.54, 1.807) is 0 Å². The lowest BCUT2D eigenvalue weighted by molar-refractivity contribution is 0.142. The van der Waals surface area contributed by atoms with E-state index < -0.39 is 5.41 Å². The summed E-state index contributed by atoms with van der Waals surface area (Å²) < 4.78 is 13.9. The fourth-order valence-corrected chi connectivity index (χ4v) is 6.55. The summed E-state index contributed by atoms with van der Waals surface area (Å²) in [6, 6.07) is 41.8. The van der Waals surface area contributed by atoms with Crippen molar-refractivity contribution in [3.8, 4) is 0 Å². The molecule has 0 spiro atoms. The maximum atomic E-state index is 6.94. The third-order valence-electron chi connectivity index (χ3n) is 8.63. The maximum Gasteiger partial charge on any atom is 0.200 e. The molecule has 4 heteroatoms. The van der Waals surface area contributed by atoms with Gasteiger partial charge in [0.2, 0.25) is 11.8 Å². The van der Waals surface area contributed by atoms with Crippen molar-refractivity contribution in [1.29, 1.82) is 0 Å². The Bertz CT molecular complexity index is 1370. The van der Waals surface area contributed by atoms with E-state index in [-0.39, 0.29) is 24.3 Å². The van der Waals surface area contributed by atoms with Gasteiger partial charge in [-0.15, -0.1) is 0 Å². The quantitative estimate of drug-likeness (QED) is 0.252. The summed E-state index contributed by atoms with van der Waals surface area (Å²) in [6.45, 7) is 0. The van der Waals surface area contributed by atoms with E-state index in [0.29, 0.717) is 0 Å². The number of ether oxygens (including phenoxy) is 2. The van der Waals surface area contributed by atoms with Crippen molar-refractivity contribution >= 4 is 11.8 Å². The molecule has 0 N–H and O–H groups in total. The molecule has 0 aromatic heterocycles. The molecule has 0 bridgehead atoms. The van der Waals surface area contributed by atoms with E-state index >= 15 is 0 Å². The van der Waals surface area contributed by atoms with Crippen molar-refractivity contribution in [2.24, 2.45) is 15.4 Å². The summed E-state index contributed by atoms with van der Waals surface area (Å²) in [5.41, 5.74) is 4.14. The Morgan fingerprint density at radius 1 is 0.450 bits per heavy atom. The lowest BCUT2D eigenvalue weighted by atomic mass is 9.73. The van der Waals surface area contributed by atoms with E-state index in [1.165, 1.54) is 6.42 Å². The Morgan fingerprint density at radius 2 is 0.800 bits per heavy atom. The number of hydrogen-bond donors (Lipinski definition) is 0. The zero-order valence-corrected chi connectivity index (χ0v) is 22.6. The van der Waals surface area contributed by atoms with Gasteiger partial charge < -0.3 is 9.47 Å². The molecule has 0 saturated heterocycles. The predicted octanol–water partition coefficient (Wildman–Crippen LogP) is 8.76. The van der Waals surface area contributed by atoms with Crippen molar-refractivity contribution in [2.75, 3.05) is 0 Å². The van der Waals surface area contributed by atoms with E-state index in [0.717, 1.165) is 59.7 Å². The highest BCUT2D eigenvalue weighted by molar-refractivity contribution is 6.06. The first-order chi connectivity index (χ1) is 19.8. The van der Waals surface area contributed by atoms with Crippen LogP contribution in [0.3, 0.4) is 0 Å². The Labute approximate surface area is 236 Å². The normalized spacial score (nSPS) is 25.4. The summed E-state index contributed by atoms with van der Waals surface area (Å²) in [7, 11) is 0. The number of aliphatic imine (C=N–C) groups is 2. The van der Waals surface area contributed by atoms with Crippen LogP contribution < -0.4 is 0 Å². The summed E-state index contributed by atoms with van der Waals surface area (Å²) >= 11 is 0. The van der Waals surface area contributed by atoms with Gasteiger partial charge in [0.15, 0.2) is 12.2 Å². The van der Waals surface area contributed by atoms with Crippen LogP contribution in [0.25, 0.3) is 0 Å². The molecule has 200 valence electrons. The average Bonchev–Trinajstić information content (AvgIpc) is 3.70. The second-order valence-corrected chi connectivity index (χ2v) is 11.1. The van der Waals surface area contributed by atoms with Crippen molar-refractivity contribution in [1.82, 2.24) is 0 Å². The van der Waals surface area contributed by atoms with Gasteiger partial charge in [0.25, 0.3) is 0 Å². The van der Waals surface area contributed by atoms with Crippen LogP contribution in [0.4, 0.5) is 0 Å². The smallest absolute Gasteiger partial charge is 0.200 e. The zero-order chi connectivity index (χ0) is 26.8. The standard InChI is InChI=1S/C36H34N2O2/c1-6-16-26(17-7-1)30-32(28-20-10-3-11-21-28)39-34(37-30)36(24-14-5-15-25-36)35-38-31(27-18-8-2-9-19-27)33(40-35)29-22-12-4-13-23-29/h1-4,6-13,16-23,30-33H,5,14-15,24-25H2/t30-,31-,32-,33?/m0/s1. The fourth-order valence-electron chi connectivity index (χ4n) is 6.55. The number of benzene rings is 4. The van der Waals surface area contributed by atoms with E-state index in [9.17, 15) is 0 Å². The molecule has 2 heterocycles. The Hall–Kier alpha value is -4.18. The minimum Gasteiger partial charge on any atom is -0.469 e. The third kappa shape index (κ3) is 4.52. The van der Waals surface area contributed by atoms with Gasteiger partial charge in [0, 0.05) is 0 Å². The molecule has 1 fully saturated rings. The predicted molar refractivity (Wildman–Crippen MR) is 159 cm³/mol. The minimum absolute atomic E-state index is 0.116. The number of rotatable bonds is 6. The SMILES string of the molecule is c1ccc(C2OC(C3(C4=N[C@@H](c5ccccc5)[C@H](c5ccccc5)O4)CCCCC3)=N[C@H]2c2ccccc2)cc1. The average molecular weight is 527 g/mol. The molecule has 2 aliphatic heterocycles. The van der Waals surface area contributed by atoms with Gasteiger partial charge in [0.05, 0.1) is 0 Å². The van der Waals surface area contributed by atoms with Gasteiger partial charge in [-0.25, -0.2) is 9.98 Å². The molecule has 1 aliphatic carbocycles. The lowest BCUT2D eigenvalue weighted by Crippen LogP contribution is -2.42. The summed E-state index contributed by atoms with van der Waals surface area (Å²) in [6.07, 6.45) is 4.89. The van der Waals surface area contributed by atoms with Crippen molar-refractivity contribution in [3.63, 3.8) is 0 Å². The second-order valence-electron chi connectivity index (χ2n) is 11.1. The van der Waals surface area contributed by atoms with Crippen LogP contribution in [0.2, 0.25) is 0 Å². The first kappa shape index (κ1) is 24.8. The van der Waals surface area contributed by atoms with Gasteiger partial charge >= 0.3 is 0 Å². The van der Waals surface area contributed by atoms with Crippen molar-refractivity contribution in [2.45, 2.75) is 56.4 Å². The van der Waals surface area contributed by atoms with Crippen LogP contribution >= 0.6 is 0 Å². The summed E-state index contributed by atoms with van der Waals surface area (Å²) in [4.78, 5) is 10.8. The van der Waals surface area contributed by atoms with Gasteiger partial charge in [-0.3, -0.25) is 0 Å². The van der Waals surface area contributed by atoms with Gasteiger partial charge in [-0.2, -0.15) is 0 Å². The van der Waals surface area contributed by atoms with E-state index in [2.05, 4.69) is 121 Å². The number of hydrogen-bond acceptors (Lipinski definition) is 4. The van der Waals surface area contributed by atoms with Crippen molar-refractivity contribution < 1.29 is 9.47 Å². The van der Waals surface area contributed by atoms with Crippen LogP contribution in [0.5, 0.6) is 0 Å². The molecule has 3 aliphatic rings. The molecular weight excluding hydrogens is 492 g/mol. The van der Waals surface area contributed by atoms with Crippen LogP contribution in [-0.4, -0.2) is 11.8 Å². The molecule has 1 unspecified atom stereocenters. The Morgan fingerprint density at radius 3 is 1.18 bits per heavy atom. The fraction of sp³-hybridized carbons (Fsp3) is 0.278. The molecule has 0 amide bonds. The first-order valence-electron chi connectivity index (χ1n) is 14.5. The van der Waals surface area contributed by atoms with Crippen LogP contribution in [-0.2, 0) is 9.47 Å². The van der Waals surface area contributed by atoms with Gasteiger partial charge in [0.1, 0.15) is 17.5 Å². The van der Waals surface area contributed by atoms with Crippen LogP contribution in [0.15, 0.2) is 131 Å². The largest absolute Gasteiger partial charge is 0.469 e. The molecule has 4 aromatic carbocycles. The molecule has 40 heavy (non-hydrogen) atoms. The first-order valence-corrected chi connectivity index (χ1v) is 14.5. The molecule has 0 radical (unpaired) electrons. The summed E-state index contributed by atoms with van der Waals surface area (Å²) in [5, 5.41) is 0. The van der Waals surface area contributed by atoms with E-state index in [1.807, 2.05) is 0 Å². The maximum absolute atomic E-state index is 6.94. The van der Waals surface area contributed by atoms with Crippen LogP contribution in [0.1, 0.15) is 78.6 Å². The second kappa shape index (κ2) is 10.8. The van der Waals surface area contributed by atoms with Crippen molar-refractivity contribution in [3.05, 3.63) is 144 Å². The van der Waals surface area contributed by atoms with Gasteiger partial charge in [-0.1, -0.05) is 141 Å². The highest BCUT2D eigenvalue weighted by atomic mass is 16.5. The Kier molecular flexibility index (Phi) is 6.68. The molecule has 1 saturated carbocycles. The molecule has 4 aromatic rings. The third-order valence-corrected chi connectivity index (χ3v) is 8.63. The summed E-state index contributed by atoms with van der Waals surface area (Å²) in [5.74, 6) is 1.57. The highest BCUT2D eigenvalue weighted by Crippen LogP contribution is 2.52. The molecule has 4 nitrogen and oxygen atoms in total. The Balaban J connectivity index is 1.32. The topological polar surface area (TPSA) is 43.2 Å².